The molecule has 1 heterocycles. The summed E-state index contributed by atoms with van der Waals surface area (Å²) in [5, 5.41) is 0. The smallest absolute Gasteiger partial charge is 0.222 e. The first-order valence-corrected chi connectivity index (χ1v) is 12.7. The van der Waals surface area contributed by atoms with Crippen LogP contribution in [0.1, 0.15) is 43.7 Å². The fourth-order valence-electron chi connectivity index (χ4n) is 5.31. The number of amides is 1. The Balaban J connectivity index is 1.24. The van der Waals surface area contributed by atoms with Crippen LogP contribution in [-0.4, -0.2) is 68.1 Å². The molecule has 178 valence electrons. The number of piperazine rings is 1. The molecular formula is C28H39N3O2. The number of methoxy groups -OCH3 is 1. The molecule has 1 aliphatic carbocycles. The summed E-state index contributed by atoms with van der Waals surface area (Å²) in [5.41, 5.74) is 4.08. The number of hydrogen-bond donors (Lipinski definition) is 0. The van der Waals surface area contributed by atoms with Crippen molar-refractivity contribution >= 4 is 11.6 Å². The summed E-state index contributed by atoms with van der Waals surface area (Å²) in [5.74, 6) is 1.21. The van der Waals surface area contributed by atoms with E-state index in [0.29, 0.717) is 18.4 Å². The molecule has 5 nitrogen and oxygen atoms in total. The number of nitrogens with zero attached hydrogens (tertiary/aromatic N) is 3. The van der Waals surface area contributed by atoms with Crippen LogP contribution in [0.5, 0.6) is 5.75 Å². The molecule has 33 heavy (non-hydrogen) atoms. The van der Waals surface area contributed by atoms with Crippen molar-refractivity contribution in [3.05, 3.63) is 59.7 Å². The Morgan fingerprint density at radius 3 is 2.55 bits per heavy atom. The predicted octanol–water partition coefficient (Wildman–Crippen LogP) is 4.39. The minimum Gasteiger partial charge on any atom is -0.497 e. The van der Waals surface area contributed by atoms with Gasteiger partial charge in [0, 0.05) is 50.9 Å². The highest BCUT2D eigenvalue weighted by Gasteiger charge is 2.27. The summed E-state index contributed by atoms with van der Waals surface area (Å²) < 4.78 is 5.43. The van der Waals surface area contributed by atoms with Gasteiger partial charge in [-0.15, -0.1) is 0 Å². The van der Waals surface area contributed by atoms with E-state index in [4.69, 9.17) is 4.74 Å². The Morgan fingerprint density at radius 2 is 1.82 bits per heavy atom. The summed E-state index contributed by atoms with van der Waals surface area (Å²) in [4.78, 5) is 20.0. The predicted molar refractivity (Wildman–Crippen MR) is 135 cm³/mol. The van der Waals surface area contributed by atoms with Crippen LogP contribution < -0.4 is 9.64 Å². The Labute approximate surface area is 199 Å². The van der Waals surface area contributed by atoms with Crippen LogP contribution in [0.4, 0.5) is 5.69 Å². The quantitative estimate of drug-likeness (QED) is 0.532. The van der Waals surface area contributed by atoms with Gasteiger partial charge in [-0.25, -0.2) is 0 Å². The Bertz CT molecular complexity index is 893. The molecule has 4 rings (SSSR count). The fraction of sp³-hybridized carbons (Fsp3) is 0.536. The van der Waals surface area contributed by atoms with E-state index in [-0.39, 0.29) is 0 Å². The second-order valence-corrected chi connectivity index (χ2v) is 9.34. The molecule has 1 amide bonds. The lowest BCUT2D eigenvalue weighted by atomic mass is 9.87. The molecule has 1 fully saturated rings. The number of aryl methyl sites for hydroxylation is 1. The van der Waals surface area contributed by atoms with Gasteiger partial charge in [-0.3, -0.25) is 9.69 Å². The van der Waals surface area contributed by atoms with Crippen LogP contribution in [-0.2, 0) is 17.6 Å². The van der Waals surface area contributed by atoms with E-state index < -0.39 is 0 Å². The number of rotatable bonds is 9. The average Bonchev–Trinajstić information content (AvgIpc) is 2.88. The molecule has 1 aliphatic heterocycles. The lowest BCUT2D eigenvalue weighted by Crippen LogP contribution is -2.47. The Morgan fingerprint density at radius 1 is 1.03 bits per heavy atom. The fourth-order valence-corrected chi connectivity index (χ4v) is 5.31. The van der Waals surface area contributed by atoms with Crippen molar-refractivity contribution in [2.75, 3.05) is 51.3 Å². The largest absolute Gasteiger partial charge is 0.497 e. The summed E-state index contributed by atoms with van der Waals surface area (Å²) in [6, 6.07) is 17.4. The van der Waals surface area contributed by atoms with Crippen molar-refractivity contribution in [2.24, 2.45) is 0 Å². The van der Waals surface area contributed by atoms with Gasteiger partial charge in [0.2, 0.25) is 5.91 Å². The number of benzene rings is 2. The van der Waals surface area contributed by atoms with E-state index in [2.05, 4.69) is 57.2 Å². The summed E-state index contributed by atoms with van der Waals surface area (Å²) in [6.45, 7) is 8.41. The molecule has 1 saturated heterocycles. The van der Waals surface area contributed by atoms with Crippen LogP contribution in [0, 0.1) is 0 Å². The monoisotopic (exact) mass is 449 g/mol. The van der Waals surface area contributed by atoms with E-state index in [1.54, 1.807) is 7.11 Å². The molecule has 0 saturated carbocycles. The molecule has 1 unspecified atom stereocenters. The van der Waals surface area contributed by atoms with Gasteiger partial charge < -0.3 is 14.5 Å². The van der Waals surface area contributed by atoms with Crippen LogP contribution in [0.2, 0.25) is 0 Å². The van der Waals surface area contributed by atoms with Crippen molar-refractivity contribution in [1.82, 2.24) is 9.80 Å². The molecule has 0 aromatic heterocycles. The summed E-state index contributed by atoms with van der Waals surface area (Å²) in [6.07, 6.45) is 5.86. The van der Waals surface area contributed by atoms with Crippen molar-refractivity contribution < 1.29 is 9.53 Å². The second kappa shape index (κ2) is 11.6. The van der Waals surface area contributed by atoms with Gasteiger partial charge in [-0.05, 0) is 74.0 Å². The lowest BCUT2D eigenvalue weighted by molar-refractivity contribution is -0.133. The zero-order valence-electron chi connectivity index (χ0n) is 20.3. The highest BCUT2D eigenvalue weighted by atomic mass is 16.5. The number of carbonyl (C=O) groups excluding carboxylic acids is 1. The van der Waals surface area contributed by atoms with E-state index >= 15 is 0 Å². The maximum absolute atomic E-state index is 12.8. The van der Waals surface area contributed by atoms with Crippen molar-refractivity contribution in [2.45, 2.75) is 51.5 Å². The second-order valence-electron chi connectivity index (χ2n) is 9.34. The molecule has 0 bridgehead atoms. The first-order chi connectivity index (χ1) is 16.2. The van der Waals surface area contributed by atoms with E-state index in [9.17, 15) is 4.79 Å². The van der Waals surface area contributed by atoms with Gasteiger partial charge in [-0.1, -0.05) is 31.2 Å². The van der Waals surface area contributed by atoms with Gasteiger partial charge in [0.1, 0.15) is 5.75 Å². The van der Waals surface area contributed by atoms with E-state index in [1.807, 2.05) is 13.0 Å². The van der Waals surface area contributed by atoms with Crippen LogP contribution in [0.25, 0.3) is 0 Å². The van der Waals surface area contributed by atoms with Crippen molar-refractivity contribution in [3.8, 4) is 5.75 Å². The maximum atomic E-state index is 12.8. The zero-order chi connectivity index (χ0) is 23.0. The maximum Gasteiger partial charge on any atom is 0.222 e. The van der Waals surface area contributed by atoms with Crippen molar-refractivity contribution in [3.63, 3.8) is 0 Å². The highest BCUT2D eigenvalue weighted by molar-refractivity contribution is 5.76. The molecule has 1 atom stereocenters. The van der Waals surface area contributed by atoms with Gasteiger partial charge in [0.25, 0.3) is 0 Å². The number of hydrogen-bond acceptors (Lipinski definition) is 4. The van der Waals surface area contributed by atoms with Crippen LogP contribution in [0.3, 0.4) is 0 Å². The normalized spacial score (nSPS) is 18.6. The third-order valence-corrected chi connectivity index (χ3v) is 7.30. The molecule has 5 heteroatoms. The number of fused-ring (bicyclic) bond motifs is 1. The van der Waals surface area contributed by atoms with Crippen molar-refractivity contribution in [1.29, 1.82) is 0 Å². The van der Waals surface area contributed by atoms with Gasteiger partial charge in [0.15, 0.2) is 0 Å². The number of ether oxygens (including phenoxy) is 1. The number of para-hydroxylation sites is 1. The molecule has 2 aromatic rings. The molecule has 0 radical (unpaired) electrons. The van der Waals surface area contributed by atoms with E-state index in [0.717, 1.165) is 77.1 Å². The Kier molecular flexibility index (Phi) is 8.27. The van der Waals surface area contributed by atoms with Gasteiger partial charge in [0.05, 0.1) is 7.11 Å². The first-order valence-electron chi connectivity index (χ1n) is 12.7. The number of unbranched alkanes of at least 4 members (excludes halogenated alkanes) is 1. The molecule has 2 aromatic carbocycles. The minimum absolute atomic E-state index is 0.294. The van der Waals surface area contributed by atoms with Gasteiger partial charge >= 0.3 is 0 Å². The lowest BCUT2D eigenvalue weighted by Gasteiger charge is -2.37. The first kappa shape index (κ1) is 23.6. The standard InChI is InChI=1S/C28H39N3O2/c1-3-28(32)31(26-13-11-23-12-14-27(33-2)22-24(23)21-26)16-8-7-15-29-17-19-30(20-18-29)25-9-5-4-6-10-25/h4-6,9-10,12,14,22,26H,3,7-8,11,13,15-21H2,1-2H3. The summed E-state index contributed by atoms with van der Waals surface area (Å²) >= 11 is 0. The number of anilines is 1. The zero-order valence-corrected chi connectivity index (χ0v) is 20.3. The SMILES string of the molecule is CCC(=O)N(CCCCN1CCN(c2ccccc2)CC1)C1CCc2ccc(OC)cc2C1. The van der Waals surface area contributed by atoms with Crippen LogP contribution in [0.15, 0.2) is 48.5 Å². The average molecular weight is 450 g/mol. The molecule has 0 N–H and O–H groups in total. The number of carbonyl (C=O) groups is 1. The molecular weight excluding hydrogens is 410 g/mol. The summed E-state index contributed by atoms with van der Waals surface area (Å²) in [7, 11) is 1.72. The van der Waals surface area contributed by atoms with Crippen LogP contribution >= 0.6 is 0 Å². The molecule has 2 aliphatic rings. The highest BCUT2D eigenvalue weighted by Crippen LogP contribution is 2.28. The topological polar surface area (TPSA) is 36.0 Å². The Hall–Kier alpha value is -2.53. The third kappa shape index (κ3) is 6.08. The van der Waals surface area contributed by atoms with E-state index in [1.165, 1.54) is 16.8 Å². The van der Waals surface area contributed by atoms with Gasteiger partial charge in [-0.2, -0.15) is 0 Å². The third-order valence-electron chi connectivity index (χ3n) is 7.30. The minimum atomic E-state index is 0.294. The molecule has 0 spiro atoms.